The number of carboxylic acids is 3. The highest BCUT2D eigenvalue weighted by atomic mass is 16.7. The standard InChI is InChI=1S/C31H55N5O11/c32-36-21(28-31(46)47-28)13-11-12-20-33-24(37)18-16-22(29(42)43)35-26(39)19-17-23(30(44)45)34-25(38)14-9-7-5-3-1-2-4-6-8-10-15-27(40)41/h21-23,28,31,36,46H,1-20,32H2,(H,33,37)(H,34,38)(H,35,39)(H,40,41)(H,42,43)(H,44,45)/t21-,22-,23-,28?,31?/m0/s1. The fraction of sp³-hybridized carbons (Fsp3) is 0.806. The molecule has 5 atom stereocenters. The van der Waals surface area contributed by atoms with Crippen LogP contribution in [0.4, 0.5) is 0 Å². The number of unbranched alkanes of at least 4 members (excludes halogenated alkanes) is 10. The summed E-state index contributed by atoms with van der Waals surface area (Å²) in [4.78, 5) is 70.5. The van der Waals surface area contributed by atoms with Crippen molar-refractivity contribution in [2.24, 2.45) is 5.84 Å². The van der Waals surface area contributed by atoms with Gasteiger partial charge in [0.15, 0.2) is 6.29 Å². The highest BCUT2D eigenvalue weighted by molar-refractivity contribution is 5.86. The van der Waals surface area contributed by atoms with Gasteiger partial charge in [0.2, 0.25) is 17.7 Å². The number of aliphatic hydroxyl groups excluding tert-OH is 1. The molecule has 0 aliphatic carbocycles. The van der Waals surface area contributed by atoms with Crippen LogP contribution in [0.1, 0.15) is 122 Å². The molecule has 1 saturated heterocycles. The summed E-state index contributed by atoms with van der Waals surface area (Å²) in [6, 6.07) is -2.83. The van der Waals surface area contributed by atoms with Gasteiger partial charge < -0.3 is 41.1 Å². The summed E-state index contributed by atoms with van der Waals surface area (Å²) in [5.41, 5.74) is 2.58. The van der Waals surface area contributed by atoms with Gasteiger partial charge in [0, 0.05) is 32.2 Å². The SMILES string of the molecule is NN[C@@H](CCCCNC(=O)CC[C@H](NC(=O)CC[C@H](NC(=O)CCCCCCCCCCCCC(=O)O)C(=O)O)C(=O)O)C1OC1O. The number of nitrogens with two attached hydrogens (primary N) is 1. The van der Waals surface area contributed by atoms with Crippen molar-refractivity contribution in [1.29, 1.82) is 0 Å². The average molecular weight is 674 g/mol. The maximum Gasteiger partial charge on any atom is 0.326 e. The Bertz CT molecular complexity index is 984. The molecule has 2 unspecified atom stereocenters. The molecule has 270 valence electrons. The van der Waals surface area contributed by atoms with Gasteiger partial charge in [-0.25, -0.2) is 9.59 Å². The van der Waals surface area contributed by atoms with E-state index in [4.69, 9.17) is 15.7 Å². The summed E-state index contributed by atoms with van der Waals surface area (Å²) >= 11 is 0. The Morgan fingerprint density at radius 1 is 0.596 bits per heavy atom. The number of carbonyl (C=O) groups excluding carboxylic acids is 3. The quantitative estimate of drug-likeness (QED) is 0.0225. The molecule has 1 heterocycles. The number of epoxide rings is 1. The third-order valence-corrected chi connectivity index (χ3v) is 8.01. The van der Waals surface area contributed by atoms with Gasteiger partial charge in [0.1, 0.15) is 18.2 Å². The second-order valence-corrected chi connectivity index (χ2v) is 12.0. The van der Waals surface area contributed by atoms with Crippen LogP contribution in [-0.2, 0) is 33.5 Å². The molecule has 0 aromatic carbocycles. The molecule has 16 nitrogen and oxygen atoms in total. The summed E-state index contributed by atoms with van der Waals surface area (Å²) in [6.07, 6.45) is 9.68. The second kappa shape index (κ2) is 24.8. The van der Waals surface area contributed by atoms with Crippen molar-refractivity contribution < 1.29 is 53.9 Å². The van der Waals surface area contributed by atoms with E-state index in [-0.39, 0.29) is 56.6 Å². The van der Waals surface area contributed by atoms with Crippen LogP contribution in [0.25, 0.3) is 0 Å². The number of hydrogen-bond acceptors (Lipinski definition) is 10. The first-order valence-electron chi connectivity index (χ1n) is 16.8. The maximum atomic E-state index is 12.4. The molecule has 47 heavy (non-hydrogen) atoms. The van der Waals surface area contributed by atoms with Crippen molar-refractivity contribution in [1.82, 2.24) is 21.4 Å². The normalized spacial score (nSPS) is 17.2. The molecule has 0 spiro atoms. The number of aliphatic hydroxyl groups is 1. The average Bonchev–Trinajstić information content (AvgIpc) is 3.74. The molecule has 0 radical (unpaired) electrons. The van der Waals surface area contributed by atoms with Gasteiger partial charge in [-0.3, -0.25) is 30.4 Å². The number of amides is 3. The number of rotatable bonds is 30. The Morgan fingerprint density at radius 2 is 1.04 bits per heavy atom. The van der Waals surface area contributed by atoms with E-state index in [0.29, 0.717) is 38.6 Å². The molecule has 0 bridgehead atoms. The first-order chi connectivity index (χ1) is 22.4. The minimum atomic E-state index is -1.34. The van der Waals surface area contributed by atoms with Crippen molar-refractivity contribution in [3.8, 4) is 0 Å². The Balaban J connectivity index is 2.19. The molecule has 10 N–H and O–H groups in total. The highest BCUT2D eigenvalue weighted by Gasteiger charge is 2.42. The predicted molar refractivity (Wildman–Crippen MR) is 169 cm³/mol. The fourth-order valence-electron chi connectivity index (χ4n) is 5.13. The number of carboxylic acid groups (broad SMARTS) is 3. The number of aliphatic carboxylic acids is 3. The van der Waals surface area contributed by atoms with Gasteiger partial charge in [0.25, 0.3) is 0 Å². The molecule has 1 aliphatic rings. The molecule has 0 aromatic heterocycles. The smallest absolute Gasteiger partial charge is 0.326 e. The van der Waals surface area contributed by atoms with Crippen LogP contribution >= 0.6 is 0 Å². The number of carbonyl (C=O) groups is 6. The Morgan fingerprint density at radius 3 is 1.49 bits per heavy atom. The summed E-state index contributed by atoms with van der Waals surface area (Å²) in [6.45, 7) is 0.358. The molecule has 0 aromatic rings. The number of hydrazine groups is 1. The molecule has 0 saturated carbocycles. The van der Waals surface area contributed by atoms with Gasteiger partial charge in [-0.05, 0) is 44.9 Å². The zero-order chi connectivity index (χ0) is 35.0. The van der Waals surface area contributed by atoms with Crippen LogP contribution in [-0.4, -0.2) is 93.1 Å². The fourth-order valence-corrected chi connectivity index (χ4v) is 5.13. The van der Waals surface area contributed by atoms with E-state index < -0.39 is 48.1 Å². The maximum absolute atomic E-state index is 12.4. The Hall–Kier alpha value is -3.34. The summed E-state index contributed by atoms with van der Waals surface area (Å²) in [5.74, 6) is 0.546. The van der Waals surface area contributed by atoms with Crippen LogP contribution in [0.5, 0.6) is 0 Å². The topological polar surface area (TPSA) is 270 Å². The Labute approximate surface area is 275 Å². The predicted octanol–water partition coefficient (Wildman–Crippen LogP) is 1.29. The summed E-state index contributed by atoms with van der Waals surface area (Å²) in [7, 11) is 0. The molecule has 16 heteroatoms. The lowest BCUT2D eigenvalue weighted by Crippen LogP contribution is -2.44. The van der Waals surface area contributed by atoms with E-state index in [1.807, 2.05) is 0 Å². The van der Waals surface area contributed by atoms with Gasteiger partial charge in [-0.15, -0.1) is 0 Å². The van der Waals surface area contributed by atoms with E-state index in [1.54, 1.807) is 0 Å². The molecule has 1 rings (SSSR count). The molecule has 1 fully saturated rings. The number of ether oxygens (including phenoxy) is 1. The number of nitrogens with one attached hydrogen (secondary N) is 4. The number of hydrogen-bond donors (Lipinski definition) is 9. The minimum absolute atomic E-state index is 0.143. The first-order valence-corrected chi connectivity index (χ1v) is 16.8. The van der Waals surface area contributed by atoms with Crippen LogP contribution in [0.3, 0.4) is 0 Å². The largest absolute Gasteiger partial charge is 0.481 e. The zero-order valence-electron chi connectivity index (χ0n) is 27.3. The lowest BCUT2D eigenvalue weighted by atomic mass is 10.0. The van der Waals surface area contributed by atoms with Crippen molar-refractivity contribution >= 4 is 35.6 Å². The summed E-state index contributed by atoms with van der Waals surface area (Å²) in [5, 5.41) is 44.3. The Kier molecular flexibility index (Phi) is 22.0. The van der Waals surface area contributed by atoms with E-state index in [0.717, 1.165) is 51.4 Å². The van der Waals surface area contributed by atoms with Crippen molar-refractivity contribution in [3.05, 3.63) is 0 Å². The van der Waals surface area contributed by atoms with Crippen LogP contribution < -0.4 is 27.2 Å². The molecule has 1 aliphatic heterocycles. The molecule has 3 amide bonds. The van der Waals surface area contributed by atoms with Crippen molar-refractivity contribution in [3.63, 3.8) is 0 Å². The lowest BCUT2D eigenvalue weighted by molar-refractivity contribution is -0.143. The zero-order valence-corrected chi connectivity index (χ0v) is 27.3. The third-order valence-electron chi connectivity index (χ3n) is 8.01. The van der Waals surface area contributed by atoms with Crippen molar-refractivity contribution in [2.45, 2.75) is 153 Å². The van der Waals surface area contributed by atoms with E-state index in [2.05, 4.69) is 21.4 Å². The van der Waals surface area contributed by atoms with Gasteiger partial charge in [0.05, 0.1) is 6.04 Å². The van der Waals surface area contributed by atoms with E-state index in [9.17, 15) is 44.1 Å². The molecular formula is C31H55N5O11. The lowest BCUT2D eigenvalue weighted by Gasteiger charge is -2.17. The van der Waals surface area contributed by atoms with E-state index in [1.165, 1.54) is 0 Å². The second-order valence-electron chi connectivity index (χ2n) is 12.0. The summed E-state index contributed by atoms with van der Waals surface area (Å²) < 4.78 is 4.97. The van der Waals surface area contributed by atoms with Gasteiger partial charge in [-0.2, -0.15) is 0 Å². The highest BCUT2D eigenvalue weighted by Crippen LogP contribution is 2.25. The third kappa shape index (κ3) is 21.2. The monoisotopic (exact) mass is 673 g/mol. The van der Waals surface area contributed by atoms with Crippen LogP contribution in [0.2, 0.25) is 0 Å². The van der Waals surface area contributed by atoms with Gasteiger partial charge in [-0.1, -0.05) is 51.4 Å². The molecular weight excluding hydrogens is 618 g/mol. The van der Waals surface area contributed by atoms with Crippen LogP contribution in [0.15, 0.2) is 0 Å². The minimum Gasteiger partial charge on any atom is -0.481 e. The van der Waals surface area contributed by atoms with Gasteiger partial charge >= 0.3 is 17.9 Å². The van der Waals surface area contributed by atoms with Crippen LogP contribution in [0, 0.1) is 0 Å². The van der Waals surface area contributed by atoms with Crippen molar-refractivity contribution in [2.75, 3.05) is 6.54 Å². The van der Waals surface area contributed by atoms with E-state index >= 15 is 0 Å². The first kappa shape index (κ1) is 41.7.